The summed E-state index contributed by atoms with van der Waals surface area (Å²) >= 11 is 0.220. The Morgan fingerprint density at radius 3 is 2.10 bits per heavy atom. The summed E-state index contributed by atoms with van der Waals surface area (Å²) in [6, 6.07) is 20.7. The van der Waals surface area contributed by atoms with Gasteiger partial charge in [0.25, 0.3) is 0 Å². The molecule has 0 amide bonds. The van der Waals surface area contributed by atoms with Crippen molar-refractivity contribution in [2.75, 3.05) is 0 Å². The number of esters is 1. The van der Waals surface area contributed by atoms with Crippen LogP contribution in [0.15, 0.2) is 60.7 Å². The molecule has 2 atom stereocenters. The molecular weight excluding hydrogens is 315 g/mol. The van der Waals surface area contributed by atoms with Gasteiger partial charge in [0.15, 0.2) is 0 Å². The van der Waals surface area contributed by atoms with Crippen LogP contribution >= 0.6 is 0 Å². The predicted octanol–water partition coefficient (Wildman–Crippen LogP) is 2.71. The minimum absolute atomic E-state index is 0.116. The van der Waals surface area contributed by atoms with Crippen molar-refractivity contribution < 1.29 is 9.53 Å². The molecule has 2 nitrogen and oxygen atoms in total. The summed E-state index contributed by atoms with van der Waals surface area (Å²) in [6.45, 7) is 3.44. The van der Waals surface area contributed by atoms with Gasteiger partial charge in [0, 0.05) is 0 Å². The van der Waals surface area contributed by atoms with E-state index in [9.17, 15) is 4.79 Å². The molecule has 3 heteroatoms. The Morgan fingerprint density at radius 2 is 1.55 bits per heavy atom. The molecule has 2 aromatic carbocycles. The third-order valence-electron chi connectivity index (χ3n) is 2.91. The molecule has 0 heterocycles. The van der Waals surface area contributed by atoms with Gasteiger partial charge < -0.3 is 0 Å². The van der Waals surface area contributed by atoms with Gasteiger partial charge in [-0.25, -0.2) is 0 Å². The first-order valence-corrected chi connectivity index (χ1v) is 8.45. The fraction of sp³-hybridized carbons (Fsp3) is 0.235. The van der Waals surface area contributed by atoms with Crippen molar-refractivity contribution in [3.8, 4) is 0 Å². The quantitative estimate of drug-likeness (QED) is 0.621. The molecule has 0 radical (unpaired) electrons. The van der Waals surface area contributed by atoms with E-state index in [1.807, 2.05) is 31.2 Å². The van der Waals surface area contributed by atoms with Gasteiger partial charge in [-0.3, -0.25) is 0 Å². The van der Waals surface area contributed by atoms with E-state index in [-0.39, 0.29) is 31.8 Å². The maximum atomic E-state index is 11.2. The van der Waals surface area contributed by atoms with E-state index in [1.54, 1.807) is 0 Å². The van der Waals surface area contributed by atoms with Gasteiger partial charge in [-0.15, -0.1) is 0 Å². The summed E-state index contributed by atoms with van der Waals surface area (Å²) in [7, 11) is 0. The van der Waals surface area contributed by atoms with Gasteiger partial charge in [-0.05, 0) is 0 Å². The van der Waals surface area contributed by atoms with Crippen molar-refractivity contribution >= 4 is 25.4 Å². The van der Waals surface area contributed by atoms with Gasteiger partial charge in [0.1, 0.15) is 0 Å². The van der Waals surface area contributed by atoms with E-state index in [0.717, 1.165) is 0 Å². The molecule has 2 aromatic rings. The molecular formula is C17H18O2Se. The normalized spacial score (nSPS) is 13.5. The number of carbonyl (C=O) groups excluding carboxylic acids is 1. The van der Waals surface area contributed by atoms with Crippen LogP contribution in [0.3, 0.4) is 0 Å². The summed E-state index contributed by atoms with van der Waals surface area (Å²) in [5.41, 5.74) is 1.23. The fourth-order valence-electron chi connectivity index (χ4n) is 2.05. The Morgan fingerprint density at radius 1 is 1.00 bits per heavy atom. The Bertz CT molecular complexity index is 539. The zero-order valence-corrected chi connectivity index (χ0v) is 13.4. The SMILES string of the molecule is CC(=O)O[C@H](C)C([Se]c1ccccc1)c1ccccc1. The molecule has 0 aliphatic carbocycles. The number of ether oxygens (including phenoxy) is 1. The van der Waals surface area contributed by atoms with Crippen LogP contribution in [-0.4, -0.2) is 27.0 Å². The number of rotatable bonds is 5. The Hall–Kier alpha value is -1.57. The van der Waals surface area contributed by atoms with E-state index in [1.165, 1.54) is 16.9 Å². The summed E-state index contributed by atoms with van der Waals surface area (Å²) in [4.78, 5) is 11.5. The zero-order valence-electron chi connectivity index (χ0n) is 11.7. The summed E-state index contributed by atoms with van der Waals surface area (Å²) < 4.78 is 6.73. The van der Waals surface area contributed by atoms with Crippen LogP contribution in [0.5, 0.6) is 0 Å². The first-order valence-electron chi connectivity index (χ1n) is 6.60. The van der Waals surface area contributed by atoms with Crippen LogP contribution in [0.2, 0.25) is 0 Å². The van der Waals surface area contributed by atoms with E-state index in [4.69, 9.17) is 4.74 Å². The summed E-state index contributed by atoms with van der Waals surface area (Å²) in [5.74, 6) is -0.220. The third-order valence-corrected chi connectivity index (χ3v) is 5.96. The van der Waals surface area contributed by atoms with Crippen molar-refractivity contribution in [1.82, 2.24) is 0 Å². The first-order chi connectivity index (χ1) is 9.66. The Labute approximate surface area is 126 Å². The average molecular weight is 333 g/mol. The van der Waals surface area contributed by atoms with Crippen molar-refractivity contribution in [2.45, 2.75) is 24.8 Å². The van der Waals surface area contributed by atoms with Crippen LogP contribution < -0.4 is 4.46 Å². The van der Waals surface area contributed by atoms with Crippen LogP contribution in [0.1, 0.15) is 24.2 Å². The zero-order chi connectivity index (χ0) is 14.4. The predicted molar refractivity (Wildman–Crippen MR) is 82.2 cm³/mol. The molecule has 1 unspecified atom stereocenters. The molecule has 2 rings (SSSR count). The second kappa shape index (κ2) is 7.28. The van der Waals surface area contributed by atoms with Gasteiger partial charge in [0.2, 0.25) is 0 Å². The van der Waals surface area contributed by atoms with E-state index in [0.29, 0.717) is 0 Å². The van der Waals surface area contributed by atoms with Crippen LogP contribution in [-0.2, 0) is 9.53 Å². The van der Waals surface area contributed by atoms with E-state index in [2.05, 4.69) is 36.4 Å². The average Bonchev–Trinajstić information content (AvgIpc) is 2.46. The summed E-state index contributed by atoms with van der Waals surface area (Å²) in [6.07, 6.45) is -0.116. The molecule has 0 N–H and O–H groups in total. The standard InChI is InChI=1S/C17H18O2Se/c1-13(19-14(2)18)17(15-9-5-3-6-10-15)20-16-11-7-4-8-12-16/h3-13,17H,1-2H3/t13-,17?/m1/s1. The fourth-order valence-corrected chi connectivity index (χ4v) is 4.46. The second-order valence-corrected chi connectivity index (χ2v) is 7.13. The Balaban J connectivity index is 2.22. The van der Waals surface area contributed by atoms with Crippen molar-refractivity contribution in [1.29, 1.82) is 0 Å². The molecule has 0 aliphatic heterocycles. The molecule has 0 saturated carbocycles. The first kappa shape index (κ1) is 14.8. The molecule has 0 aromatic heterocycles. The van der Waals surface area contributed by atoms with Crippen LogP contribution in [0.25, 0.3) is 0 Å². The van der Waals surface area contributed by atoms with Crippen LogP contribution in [0, 0.1) is 0 Å². The number of benzene rings is 2. The van der Waals surface area contributed by atoms with Gasteiger partial charge in [0.05, 0.1) is 0 Å². The molecule has 20 heavy (non-hydrogen) atoms. The number of hydrogen-bond donors (Lipinski definition) is 0. The third kappa shape index (κ3) is 4.22. The number of carbonyl (C=O) groups is 1. The van der Waals surface area contributed by atoms with Gasteiger partial charge in [-0.2, -0.15) is 0 Å². The molecule has 0 bridgehead atoms. The molecule has 0 saturated heterocycles. The van der Waals surface area contributed by atoms with Crippen molar-refractivity contribution in [3.05, 3.63) is 66.2 Å². The Kier molecular flexibility index (Phi) is 5.39. The van der Waals surface area contributed by atoms with E-state index < -0.39 is 0 Å². The second-order valence-electron chi connectivity index (χ2n) is 4.58. The van der Waals surface area contributed by atoms with Gasteiger partial charge in [-0.1, -0.05) is 0 Å². The van der Waals surface area contributed by atoms with Crippen molar-refractivity contribution in [2.24, 2.45) is 0 Å². The van der Waals surface area contributed by atoms with Crippen LogP contribution in [0.4, 0.5) is 0 Å². The minimum atomic E-state index is -0.220. The van der Waals surface area contributed by atoms with E-state index >= 15 is 0 Å². The van der Waals surface area contributed by atoms with Crippen molar-refractivity contribution in [3.63, 3.8) is 0 Å². The molecule has 104 valence electrons. The molecule has 0 fully saturated rings. The topological polar surface area (TPSA) is 26.3 Å². The monoisotopic (exact) mass is 334 g/mol. The molecule has 0 aliphatic rings. The van der Waals surface area contributed by atoms with Gasteiger partial charge >= 0.3 is 126 Å². The summed E-state index contributed by atoms with van der Waals surface area (Å²) in [5, 5.41) is 0. The maximum absolute atomic E-state index is 11.2. The number of hydrogen-bond acceptors (Lipinski definition) is 2. The molecule has 0 spiro atoms.